The van der Waals surface area contributed by atoms with E-state index in [-0.39, 0.29) is 29.7 Å². The number of ether oxygens (including phenoxy) is 1. The second-order valence-electron chi connectivity index (χ2n) is 5.58. The third-order valence-electron chi connectivity index (χ3n) is 4.26. The summed E-state index contributed by atoms with van der Waals surface area (Å²) in [6.07, 6.45) is 0.751. The summed E-state index contributed by atoms with van der Waals surface area (Å²) in [5, 5.41) is 3.18. The topological polar surface area (TPSA) is 58.6 Å². The minimum absolute atomic E-state index is 0.00353. The second kappa shape index (κ2) is 5.48. The largest absolute Gasteiger partial charge is 0.494 e. The van der Waals surface area contributed by atoms with Gasteiger partial charge in [0.05, 0.1) is 24.5 Å². The number of imide groups is 1. The van der Waals surface area contributed by atoms with E-state index in [1.165, 1.54) is 4.90 Å². The number of carbonyl (C=O) groups is 2. The lowest BCUT2D eigenvalue weighted by atomic mass is 10.1. The minimum atomic E-state index is -0.0499. The fourth-order valence-corrected chi connectivity index (χ4v) is 2.94. The number of hydrogen-bond donors (Lipinski definition) is 1. The molecule has 0 radical (unpaired) electrons. The molecule has 112 valence electrons. The lowest BCUT2D eigenvalue weighted by molar-refractivity contribution is -0.141. The van der Waals surface area contributed by atoms with Gasteiger partial charge in [0.2, 0.25) is 11.8 Å². The highest BCUT2D eigenvalue weighted by Crippen LogP contribution is 2.47. The van der Waals surface area contributed by atoms with E-state index in [2.05, 4.69) is 5.32 Å². The molecule has 1 aliphatic carbocycles. The first-order chi connectivity index (χ1) is 10.2. The fraction of sp³-hybridized carbons (Fsp3) is 0.500. The molecule has 0 spiro atoms. The molecule has 1 saturated carbocycles. The van der Waals surface area contributed by atoms with Crippen LogP contribution in [0.5, 0.6) is 5.75 Å². The number of piperidine rings is 1. The van der Waals surface area contributed by atoms with Crippen molar-refractivity contribution in [1.29, 1.82) is 0 Å². The molecule has 1 heterocycles. The van der Waals surface area contributed by atoms with E-state index in [9.17, 15) is 9.59 Å². The van der Waals surface area contributed by atoms with E-state index < -0.39 is 0 Å². The maximum Gasteiger partial charge on any atom is 0.233 e. The zero-order valence-corrected chi connectivity index (χ0v) is 12.3. The summed E-state index contributed by atoms with van der Waals surface area (Å²) in [6, 6.07) is 7.71. The average Bonchev–Trinajstić information content (AvgIpc) is 3.25. The van der Waals surface area contributed by atoms with Crippen LogP contribution in [0.3, 0.4) is 0 Å². The smallest absolute Gasteiger partial charge is 0.233 e. The summed E-state index contributed by atoms with van der Waals surface area (Å²) in [6.45, 7) is 2.98. The molecular weight excluding hydrogens is 268 g/mol. The summed E-state index contributed by atoms with van der Waals surface area (Å²) in [5.74, 6) is 0.753. The third-order valence-corrected chi connectivity index (χ3v) is 4.26. The first-order valence-electron chi connectivity index (χ1n) is 7.41. The van der Waals surface area contributed by atoms with Crippen LogP contribution in [0.4, 0.5) is 0 Å². The molecule has 5 nitrogen and oxygen atoms in total. The minimum Gasteiger partial charge on any atom is -0.494 e. The molecule has 1 aliphatic heterocycles. The molecule has 1 N–H and O–H groups in total. The Hall–Kier alpha value is -1.88. The van der Waals surface area contributed by atoms with Crippen molar-refractivity contribution in [3.05, 3.63) is 29.8 Å². The van der Waals surface area contributed by atoms with Crippen molar-refractivity contribution in [1.82, 2.24) is 10.2 Å². The van der Waals surface area contributed by atoms with Crippen LogP contribution in [0.15, 0.2) is 24.3 Å². The Labute approximate surface area is 124 Å². The molecule has 0 bridgehead atoms. The fourth-order valence-electron chi connectivity index (χ4n) is 2.94. The molecule has 3 rings (SSSR count). The molecular formula is C16H20N2O3. The highest BCUT2D eigenvalue weighted by atomic mass is 16.5. The van der Waals surface area contributed by atoms with Crippen molar-refractivity contribution in [2.75, 3.05) is 20.2 Å². The van der Waals surface area contributed by atoms with E-state index in [1.807, 2.05) is 38.2 Å². The average molecular weight is 288 g/mol. The van der Waals surface area contributed by atoms with Gasteiger partial charge in [0, 0.05) is 6.54 Å². The number of nitrogens with one attached hydrogen (secondary N) is 1. The normalized spacial score (nSPS) is 25.0. The molecule has 1 aromatic carbocycles. The molecule has 2 amide bonds. The van der Waals surface area contributed by atoms with Gasteiger partial charge in [0.25, 0.3) is 0 Å². The van der Waals surface area contributed by atoms with Crippen LogP contribution in [0.25, 0.3) is 0 Å². The SMILES string of the molecule is CCOc1ccc(C(CN2C(=O)C3CC3C2=O)NC)cc1. The Balaban J connectivity index is 1.70. The molecule has 3 atom stereocenters. The zero-order valence-electron chi connectivity index (χ0n) is 12.3. The Bertz CT molecular complexity index is 535. The molecule has 0 aromatic heterocycles. The number of amides is 2. The predicted octanol–water partition coefficient (Wildman–Crippen LogP) is 1.35. The van der Waals surface area contributed by atoms with Crippen molar-refractivity contribution >= 4 is 11.8 Å². The third kappa shape index (κ3) is 2.53. The number of likely N-dealkylation sites (tertiary alicyclic amines) is 1. The molecule has 1 aromatic rings. The first kappa shape index (κ1) is 14.1. The van der Waals surface area contributed by atoms with E-state index >= 15 is 0 Å². The quantitative estimate of drug-likeness (QED) is 0.803. The van der Waals surface area contributed by atoms with Crippen LogP contribution in [0, 0.1) is 11.8 Å². The van der Waals surface area contributed by atoms with Crippen molar-refractivity contribution in [2.45, 2.75) is 19.4 Å². The molecule has 3 unspecified atom stereocenters. The molecule has 2 aliphatic rings. The number of fused-ring (bicyclic) bond motifs is 1. The second-order valence-corrected chi connectivity index (χ2v) is 5.58. The van der Waals surface area contributed by atoms with Gasteiger partial charge in [-0.25, -0.2) is 0 Å². The lowest BCUT2D eigenvalue weighted by Crippen LogP contribution is -2.39. The van der Waals surface area contributed by atoms with Gasteiger partial charge in [0.1, 0.15) is 5.75 Å². The number of hydrogen-bond acceptors (Lipinski definition) is 4. The van der Waals surface area contributed by atoms with Gasteiger partial charge in [-0.2, -0.15) is 0 Å². The van der Waals surface area contributed by atoms with Crippen LogP contribution in [-0.4, -0.2) is 36.9 Å². The summed E-state index contributed by atoms with van der Waals surface area (Å²) >= 11 is 0. The highest BCUT2D eigenvalue weighted by Gasteiger charge is 2.58. The van der Waals surface area contributed by atoms with Crippen molar-refractivity contribution in [3.63, 3.8) is 0 Å². The summed E-state index contributed by atoms with van der Waals surface area (Å²) in [5.41, 5.74) is 1.04. The van der Waals surface area contributed by atoms with Crippen molar-refractivity contribution in [3.8, 4) is 5.75 Å². The molecule has 2 fully saturated rings. The number of rotatable bonds is 6. The molecule has 5 heteroatoms. The van der Waals surface area contributed by atoms with Crippen molar-refractivity contribution < 1.29 is 14.3 Å². The zero-order chi connectivity index (χ0) is 15.0. The van der Waals surface area contributed by atoms with Crippen LogP contribution in [0.1, 0.15) is 24.9 Å². The number of nitrogens with zero attached hydrogens (tertiary/aromatic N) is 1. The lowest BCUT2D eigenvalue weighted by Gasteiger charge is -2.24. The Morgan fingerprint density at radius 2 is 1.86 bits per heavy atom. The van der Waals surface area contributed by atoms with Gasteiger partial charge in [-0.3, -0.25) is 14.5 Å². The van der Waals surface area contributed by atoms with Gasteiger partial charge < -0.3 is 10.1 Å². The van der Waals surface area contributed by atoms with Gasteiger partial charge in [-0.1, -0.05) is 12.1 Å². The Morgan fingerprint density at radius 1 is 1.24 bits per heavy atom. The highest BCUT2D eigenvalue weighted by molar-refractivity contribution is 6.08. The summed E-state index contributed by atoms with van der Waals surface area (Å²) in [4.78, 5) is 25.5. The predicted molar refractivity (Wildman–Crippen MR) is 77.7 cm³/mol. The van der Waals surface area contributed by atoms with E-state index in [0.29, 0.717) is 13.2 Å². The van der Waals surface area contributed by atoms with Crippen LogP contribution < -0.4 is 10.1 Å². The van der Waals surface area contributed by atoms with E-state index in [0.717, 1.165) is 17.7 Å². The maximum atomic E-state index is 12.0. The van der Waals surface area contributed by atoms with E-state index in [1.54, 1.807) is 0 Å². The van der Waals surface area contributed by atoms with Gasteiger partial charge in [-0.05, 0) is 38.1 Å². The van der Waals surface area contributed by atoms with Gasteiger partial charge >= 0.3 is 0 Å². The number of benzene rings is 1. The van der Waals surface area contributed by atoms with Gasteiger partial charge in [-0.15, -0.1) is 0 Å². The van der Waals surface area contributed by atoms with E-state index in [4.69, 9.17) is 4.74 Å². The van der Waals surface area contributed by atoms with Crippen LogP contribution in [0.2, 0.25) is 0 Å². The number of likely N-dealkylation sites (N-methyl/N-ethyl adjacent to an activating group) is 1. The van der Waals surface area contributed by atoms with Gasteiger partial charge in [0.15, 0.2) is 0 Å². The number of carbonyl (C=O) groups excluding carboxylic acids is 2. The first-order valence-corrected chi connectivity index (χ1v) is 7.41. The summed E-state index contributed by atoms with van der Waals surface area (Å²) < 4.78 is 5.42. The maximum absolute atomic E-state index is 12.0. The summed E-state index contributed by atoms with van der Waals surface area (Å²) in [7, 11) is 1.84. The Kier molecular flexibility index (Phi) is 3.68. The monoisotopic (exact) mass is 288 g/mol. The van der Waals surface area contributed by atoms with Crippen molar-refractivity contribution in [2.24, 2.45) is 11.8 Å². The van der Waals surface area contributed by atoms with Crippen LogP contribution >= 0.6 is 0 Å². The Morgan fingerprint density at radius 3 is 2.38 bits per heavy atom. The molecule has 1 saturated heterocycles. The van der Waals surface area contributed by atoms with Crippen LogP contribution in [-0.2, 0) is 9.59 Å². The standard InChI is InChI=1S/C16H20N2O3/c1-3-21-11-6-4-10(5-7-11)14(17-2)9-18-15(19)12-8-13(12)16(18)20/h4-7,12-14,17H,3,8-9H2,1-2H3. The molecule has 21 heavy (non-hydrogen) atoms.